The molecule has 1 aromatic heterocycles. The van der Waals surface area contributed by atoms with Crippen LogP contribution in [-0.4, -0.2) is 40.9 Å². The summed E-state index contributed by atoms with van der Waals surface area (Å²) in [5, 5.41) is 10.0. The van der Waals surface area contributed by atoms with E-state index in [2.05, 4.69) is 15.0 Å². The van der Waals surface area contributed by atoms with E-state index < -0.39 is 7.60 Å². The highest BCUT2D eigenvalue weighted by Gasteiger charge is 2.32. The van der Waals surface area contributed by atoms with Gasteiger partial charge >= 0.3 is 7.60 Å². The van der Waals surface area contributed by atoms with E-state index in [0.29, 0.717) is 11.3 Å². The van der Waals surface area contributed by atoms with Gasteiger partial charge in [-0.2, -0.15) is 0 Å². The van der Waals surface area contributed by atoms with Gasteiger partial charge in [0.05, 0.1) is 20.3 Å². The van der Waals surface area contributed by atoms with Crippen molar-refractivity contribution in [3.63, 3.8) is 0 Å². The van der Waals surface area contributed by atoms with Crippen molar-refractivity contribution in [2.24, 2.45) is 4.99 Å². The van der Waals surface area contributed by atoms with Crippen molar-refractivity contribution in [3.8, 4) is 11.5 Å². The van der Waals surface area contributed by atoms with Crippen molar-refractivity contribution in [2.45, 2.75) is 27.2 Å². The Bertz CT molecular complexity index is 832. The van der Waals surface area contributed by atoms with Gasteiger partial charge in [-0.3, -0.25) is 4.57 Å². The molecule has 8 nitrogen and oxygen atoms in total. The molecule has 1 heterocycles. The second-order valence-electron chi connectivity index (χ2n) is 5.55. The van der Waals surface area contributed by atoms with E-state index in [0.717, 1.165) is 5.56 Å². The lowest BCUT2D eigenvalue weighted by Crippen LogP contribution is -2.11. The summed E-state index contributed by atoms with van der Waals surface area (Å²) < 4.78 is 29.4. The minimum Gasteiger partial charge on any atom is -0.504 e. The van der Waals surface area contributed by atoms with Gasteiger partial charge in [0.2, 0.25) is 5.95 Å². The minimum absolute atomic E-state index is 0.0592. The Hall–Kier alpha value is -2.28. The fraction of sp³-hybridized carbons (Fsp3) is 0.389. The first-order valence-corrected chi connectivity index (χ1v) is 10.1. The second kappa shape index (κ2) is 9.60. The number of ether oxygens (including phenoxy) is 1. The molecule has 1 aromatic carbocycles. The molecule has 146 valence electrons. The van der Waals surface area contributed by atoms with Gasteiger partial charge in [0.25, 0.3) is 0 Å². The van der Waals surface area contributed by atoms with Crippen LogP contribution in [0.4, 0.5) is 5.95 Å². The maximum atomic E-state index is 13.3. The summed E-state index contributed by atoms with van der Waals surface area (Å²) >= 11 is 0. The number of aromatic nitrogens is 2. The number of nitrogens with zero attached hydrogens (tertiary/aromatic N) is 3. The van der Waals surface area contributed by atoms with Gasteiger partial charge in [-0.1, -0.05) is 6.07 Å². The predicted molar refractivity (Wildman–Crippen MR) is 103 cm³/mol. The van der Waals surface area contributed by atoms with Crippen LogP contribution in [-0.2, 0) is 20.0 Å². The number of aryl methyl sites for hydroxylation is 1. The predicted octanol–water partition coefficient (Wildman–Crippen LogP) is 4.04. The zero-order valence-corrected chi connectivity index (χ0v) is 16.8. The highest BCUT2D eigenvalue weighted by molar-refractivity contribution is 7.72. The number of rotatable bonds is 9. The third-order valence-electron chi connectivity index (χ3n) is 3.60. The summed E-state index contributed by atoms with van der Waals surface area (Å²) in [7, 11) is -2.18. The molecule has 0 bridgehead atoms. The van der Waals surface area contributed by atoms with Gasteiger partial charge in [0, 0.05) is 18.8 Å². The molecule has 0 amide bonds. The number of phenolic OH excluding ortho intramolecular Hbond substituents is 1. The van der Waals surface area contributed by atoms with Crippen LogP contribution in [0, 0.1) is 6.92 Å². The van der Waals surface area contributed by atoms with Crippen LogP contribution in [0.25, 0.3) is 0 Å². The van der Waals surface area contributed by atoms with Crippen LogP contribution in [0.1, 0.15) is 25.0 Å². The van der Waals surface area contributed by atoms with E-state index in [1.54, 1.807) is 51.4 Å². The summed E-state index contributed by atoms with van der Waals surface area (Å²) in [5.41, 5.74) is 1.54. The molecule has 0 aliphatic carbocycles. The maximum Gasteiger partial charge on any atom is 0.375 e. The normalized spacial score (nSPS) is 12.2. The standard InChI is InChI=1S/C18H24N3O5P/c1-5-25-27(23,26-6-2)16(21-18-19-8-7-9-20-18)12-14-10-13(3)17(22)15(11-14)24-4/h7-11,22H,5-6,12H2,1-4H3. The van der Waals surface area contributed by atoms with E-state index in [-0.39, 0.29) is 36.8 Å². The molecule has 0 aliphatic rings. The van der Waals surface area contributed by atoms with Crippen molar-refractivity contribution in [3.05, 3.63) is 41.7 Å². The lowest BCUT2D eigenvalue weighted by molar-refractivity contribution is 0.232. The van der Waals surface area contributed by atoms with Crippen molar-refractivity contribution >= 4 is 19.0 Å². The summed E-state index contributed by atoms with van der Waals surface area (Å²) in [6.07, 6.45) is 3.25. The van der Waals surface area contributed by atoms with E-state index in [4.69, 9.17) is 13.8 Å². The molecule has 2 rings (SSSR count). The zero-order valence-electron chi connectivity index (χ0n) is 15.9. The Morgan fingerprint density at radius 1 is 1.19 bits per heavy atom. The number of methoxy groups -OCH3 is 1. The largest absolute Gasteiger partial charge is 0.504 e. The molecule has 2 aromatic rings. The zero-order chi connectivity index (χ0) is 19.9. The van der Waals surface area contributed by atoms with Crippen LogP contribution in [0.2, 0.25) is 0 Å². The van der Waals surface area contributed by atoms with E-state index in [1.807, 2.05) is 0 Å². The number of hydrogen-bond donors (Lipinski definition) is 1. The summed E-state index contributed by atoms with van der Waals surface area (Å²) in [6, 6.07) is 5.09. The maximum absolute atomic E-state index is 13.3. The van der Waals surface area contributed by atoms with Crippen LogP contribution in [0.5, 0.6) is 11.5 Å². The molecule has 0 saturated carbocycles. The van der Waals surface area contributed by atoms with Gasteiger partial charge in [-0.25, -0.2) is 15.0 Å². The molecule has 0 spiro atoms. The SMILES string of the molecule is CCOP(=O)(OCC)C(Cc1cc(C)c(O)c(OC)c1)=Nc1ncccn1. The van der Waals surface area contributed by atoms with Crippen LogP contribution in [0.3, 0.4) is 0 Å². The van der Waals surface area contributed by atoms with Gasteiger partial charge in [-0.05, 0) is 44.0 Å². The summed E-state index contributed by atoms with van der Waals surface area (Å²) in [5.74, 6) is 0.543. The first-order valence-electron chi connectivity index (χ1n) is 8.54. The fourth-order valence-corrected chi connectivity index (χ4v) is 4.09. The van der Waals surface area contributed by atoms with E-state index >= 15 is 0 Å². The first kappa shape index (κ1) is 21.0. The number of aliphatic imine (C=N–C) groups is 1. The molecule has 0 aliphatic heterocycles. The Morgan fingerprint density at radius 2 is 1.81 bits per heavy atom. The molecule has 0 unspecified atom stereocenters. The number of hydrogen-bond acceptors (Lipinski definition) is 8. The molecular weight excluding hydrogens is 369 g/mol. The topological polar surface area (TPSA) is 103 Å². The lowest BCUT2D eigenvalue weighted by atomic mass is 10.1. The molecule has 9 heteroatoms. The smallest absolute Gasteiger partial charge is 0.375 e. The van der Waals surface area contributed by atoms with Gasteiger partial charge in [0.15, 0.2) is 11.5 Å². The highest BCUT2D eigenvalue weighted by Crippen LogP contribution is 2.51. The fourth-order valence-electron chi connectivity index (χ4n) is 2.45. The first-order chi connectivity index (χ1) is 12.9. The molecule has 0 fully saturated rings. The van der Waals surface area contributed by atoms with Crippen molar-refractivity contribution in [1.29, 1.82) is 0 Å². The van der Waals surface area contributed by atoms with Crippen molar-refractivity contribution in [2.75, 3.05) is 20.3 Å². The number of aromatic hydroxyl groups is 1. The average Bonchev–Trinajstić information content (AvgIpc) is 2.65. The summed E-state index contributed by atoms with van der Waals surface area (Å²) in [4.78, 5) is 12.5. The van der Waals surface area contributed by atoms with Crippen LogP contribution >= 0.6 is 7.60 Å². The molecule has 0 radical (unpaired) electrons. The quantitative estimate of drug-likeness (QED) is 0.506. The molecule has 27 heavy (non-hydrogen) atoms. The second-order valence-corrected chi connectivity index (χ2v) is 7.58. The van der Waals surface area contributed by atoms with Gasteiger partial charge < -0.3 is 18.9 Å². The molecule has 1 N–H and O–H groups in total. The average molecular weight is 393 g/mol. The van der Waals surface area contributed by atoms with Gasteiger partial charge in [-0.15, -0.1) is 0 Å². The monoisotopic (exact) mass is 393 g/mol. The Balaban J connectivity index is 2.52. The molecular formula is C18H24N3O5P. The summed E-state index contributed by atoms with van der Waals surface area (Å²) in [6.45, 7) is 5.61. The lowest BCUT2D eigenvalue weighted by Gasteiger charge is -2.19. The number of phenols is 1. The van der Waals surface area contributed by atoms with E-state index in [1.165, 1.54) is 7.11 Å². The van der Waals surface area contributed by atoms with Crippen LogP contribution in [0.15, 0.2) is 35.6 Å². The number of benzene rings is 1. The third-order valence-corrected chi connectivity index (χ3v) is 5.69. The minimum atomic E-state index is -3.64. The van der Waals surface area contributed by atoms with Crippen molar-refractivity contribution in [1.82, 2.24) is 9.97 Å². The Labute approximate surface area is 158 Å². The Morgan fingerprint density at radius 3 is 2.37 bits per heavy atom. The van der Waals surface area contributed by atoms with E-state index in [9.17, 15) is 9.67 Å². The highest BCUT2D eigenvalue weighted by atomic mass is 31.2. The van der Waals surface area contributed by atoms with Gasteiger partial charge in [0.1, 0.15) is 5.45 Å². The van der Waals surface area contributed by atoms with Crippen LogP contribution < -0.4 is 4.74 Å². The molecule has 0 atom stereocenters. The Kier molecular flexibility index (Phi) is 7.47. The molecule has 0 saturated heterocycles. The van der Waals surface area contributed by atoms with Crippen molar-refractivity contribution < 1.29 is 23.5 Å². The third kappa shape index (κ3) is 5.35.